The zero-order valence-electron chi connectivity index (χ0n) is 16.2. The average Bonchev–Trinajstić information content (AvgIpc) is 3.31. The molecule has 0 aliphatic rings. The summed E-state index contributed by atoms with van der Waals surface area (Å²) in [4.78, 5) is 24.6. The summed E-state index contributed by atoms with van der Waals surface area (Å²) in [7, 11) is 0. The van der Waals surface area contributed by atoms with E-state index in [0.717, 1.165) is 20.8 Å². The number of rotatable bonds is 6. The minimum Gasteiger partial charge on any atom is -0.457 e. The fourth-order valence-corrected chi connectivity index (χ4v) is 3.47. The van der Waals surface area contributed by atoms with Crippen LogP contribution in [-0.4, -0.2) is 18.1 Å². The highest BCUT2D eigenvalue weighted by Gasteiger charge is 2.14. The van der Waals surface area contributed by atoms with Crippen molar-refractivity contribution in [3.8, 4) is 5.75 Å². The molecule has 0 bridgehead atoms. The topological polar surface area (TPSA) is 80.9 Å². The predicted molar refractivity (Wildman–Crippen MR) is 121 cm³/mol. The fourth-order valence-electron chi connectivity index (χ4n) is 3.09. The van der Waals surface area contributed by atoms with Crippen molar-refractivity contribution < 1.29 is 18.7 Å². The van der Waals surface area contributed by atoms with E-state index in [-0.39, 0.29) is 23.8 Å². The smallest absolute Gasteiger partial charge is 0.379 e. The number of nitrogens with zero attached hydrogens (tertiary/aromatic N) is 1. The summed E-state index contributed by atoms with van der Waals surface area (Å²) in [5.41, 5.74) is 3.96. The molecule has 7 heteroatoms. The normalized spacial score (nSPS) is 11.0. The minimum atomic E-state index is -0.623. The van der Waals surface area contributed by atoms with Gasteiger partial charge in [-0.1, -0.05) is 58.4 Å². The number of fused-ring (bicyclic) bond motifs is 1. The molecule has 0 aliphatic heterocycles. The fraction of sp³-hybridized carbons (Fsp3) is 0.0417. The lowest BCUT2D eigenvalue weighted by Crippen LogP contribution is -2.20. The van der Waals surface area contributed by atoms with Crippen LogP contribution in [0.1, 0.15) is 21.7 Å². The number of carbonyl (C=O) groups excluding carboxylic acids is 2. The molecule has 0 unspecified atom stereocenters. The summed E-state index contributed by atoms with van der Waals surface area (Å²) in [5, 5.41) is 6.14. The number of benzene rings is 3. The highest BCUT2D eigenvalue weighted by Crippen LogP contribution is 2.23. The third-order valence-electron chi connectivity index (χ3n) is 4.52. The summed E-state index contributed by atoms with van der Waals surface area (Å²) >= 11 is 3.38. The van der Waals surface area contributed by atoms with Gasteiger partial charge in [0.25, 0.3) is 0 Å². The number of ether oxygens (including phenoxy) is 1. The van der Waals surface area contributed by atoms with Gasteiger partial charge in [-0.2, -0.15) is 5.10 Å². The first-order chi connectivity index (χ1) is 15.1. The lowest BCUT2D eigenvalue weighted by molar-refractivity contribution is -0.120. The van der Waals surface area contributed by atoms with Crippen LogP contribution in [0.2, 0.25) is 0 Å². The molecule has 4 rings (SSSR count). The molecule has 1 amide bonds. The summed E-state index contributed by atoms with van der Waals surface area (Å²) in [6, 6.07) is 22.0. The van der Waals surface area contributed by atoms with Crippen molar-refractivity contribution in [2.45, 2.75) is 6.42 Å². The summed E-state index contributed by atoms with van der Waals surface area (Å²) in [5.74, 6) is -0.496. The zero-order chi connectivity index (χ0) is 21.6. The highest BCUT2D eigenvalue weighted by molar-refractivity contribution is 9.10. The van der Waals surface area contributed by atoms with Gasteiger partial charge in [-0.3, -0.25) is 4.79 Å². The Labute approximate surface area is 186 Å². The Bertz CT molecular complexity index is 1260. The number of nitrogens with one attached hydrogen (secondary N) is 1. The maximum absolute atomic E-state index is 12.4. The second kappa shape index (κ2) is 9.40. The largest absolute Gasteiger partial charge is 0.457 e. The molecule has 31 heavy (non-hydrogen) atoms. The number of esters is 1. The van der Waals surface area contributed by atoms with Crippen molar-refractivity contribution in [3.63, 3.8) is 0 Å². The first kappa shape index (κ1) is 20.6. The minimum absolute atomic E-state index is 0.0918. The predicted octanol–water partition coefficient (Wildman–Crippen LogP) is 5.11. The Morgan fingerprint density at radius 3 is 2.71 bits per heavy atom. The Hall–Kier alpha value is -3.71. The quantitative estimate of drug-likeness (QED) is 0.181. The van der Waals surface area contributed by atoms with E-state index in [1.807, 2.05) is 42.5 Å². The molecule has 1 aromatic heterocycles. The van der Waals surface area contributed by atoms with E-state index in [2.05, 4.69) is 26.5 Å². The molecule has 154 valence electrons. The molecule has 0 aliphatic carbocycles. The first-order valence-corrected chi connectivity index (χ1v) is 10.2. The molecule has 0 radical (unpaired) electrons. The zero-order valence-corrected chi connectivity index (χ0v) is 17.8. The van der Waals surface area contributed by atoms with E-state index in [9.17, 15) is 9.59 Å². The lowest BCUT2D eigenvalue weighted by Gasteiger charge is -2.07. The number of hydrazone groups is 1. The van der Waals surface area contributed by atoms with Crippen LogP contribution in [-0.2, 0) is 11.2 Å². The third kappa shape index (κ3) is 5.07. The van der Waals surface area contributed by atoms with Crippen LogP contribution in [0, 0.1) is 0 Å². The highest BCUT2D eigenvalue weighted by atomic mass is 79.9. The Kier molecular flexibility index (Phi) is 6.24. The van der Waals surface area contributed by atoms with Gasteiger partial charge in [0.2, 0.25) is 11.7 Å². The molecular weight excluding hydrogens is 460 g/mol. The van der Waals surface area contributed by atoms with E-state index in [1.165, 1.54) is 18.5 Å². The number of halogens is 1. The molecule has 0 fully saturated rings. The van der Waals surface area contributed by atoms with Crippen molar-refractivity contribution in [3.05, 3.63) is 100 Å². The van der Waals surface area contributed by atoms with E-state index in [0.29, 0.717) is 5.56 Å². The van der Waals surface area contributed by atoms with E-state index < -0.39 is 5.97 Å². The summed E-state index contributed by atoms with van der Waals surface area (Å²) < 4.78 is 11.2. The van der Waals surface area contributed by atoms with Gasteiger partial charge in [-0.05, 0) is 46.7 Å². The molecule has 1 heterocycles. The van der Waals surface area contributed by atoms with Crippen LogP contribution in [0.4, 0.5) is 0 Å². The third-order valence-corrected chi connectivity index (χ3v) is 5.01. The molecule has 4 aromatic rings. The van der Waals surface area contributed by atoms with Crippen LogP contribution in [0.3, 0.4) is 0 Å². The summed E-state index contributed by atoms with van der Waals surface area (Å²) in [6.07, 6.45) is 3.01. The van der Waals surface area contributed by atoms with Crippen LogP contribution < -0.4 is 10.2 Å². The van der Waals surface area contributed by atoms with Gasteiger partial charge in [0.1, 0.15) is 5.75 Å². The van der Waals surface area contributed by atoms with Crippen LogP contribution in [0.25, 0.3) is 10.8 Å². The second-order valence-corrected chi connectivity index (χ2v) is 7.57. The van der Waals surface area contributed by atoms with E-state index in [4.69, 9.17) is 9.15 Å². The van der Waals surface area contributed by atoms with Gasteiger partial charge >= 0.3 is 5.97 Å². The number of hydrogen-bond acceptors (Lipinski definition) is 5. The number of hydrogen-bond donors (Lipinski definition) is 1. The van der Waals surface area contributed by atoms with Crippen molar-refractivity contribution in [1.29, 1.82) is 0 Å². The number of carbonyl (C=O) groups is 2. The van der Waals surface area contributed by atoms with Gasteiger partial charge in [0, 0.05) is 10.0 Å². The number of furan rings is 1. The van der Waals surface area contributed by atoms with E-state index in [1.54, 1.807) is 24.3 Å². The van der Waals surface area contributed by atoms with Gasteiger partial charge in [0.05, 0.1) is 18.9 Å². The molecule has 3 aromatic carbocycles. The van der Waals surface area contributed by atoms with Crippen LogP contribution in [0.5, 0.6) is 5.75 Å². The molecule has 6 nitrogen and oxygen atoms in total. The second-order valence-electron chi connectivity index (χ2n) is 6.66. The summed E-state index contributed by atoms with van der Waals surface area (Å²) in [6.45, 7) is 0. The molecular formula is C24H17BrN2O4. The van der Waals surface area contributed by atoms with Crippen molar-refractivity contribution >= 4 is 44.8 Å². The molecule has 0 atom stereocenters. The Morgan fingerprint density at radius 2 is 1.87 bits per heavy atom. The van der Waals surface area contributed by atoms with Gasteiger partial charge in [-0.15, -0.1) is 0 Å². The van der Waals surface area contributed by atoms with Crippen molar-refractivity contribution in [2.24, 2.45) is 5.10 Å². The SMILES string of the molecule is O=C(Cc1cccc2ccccc12)N/N=C/c1cc(Br)ccc1OC(=O)c1ccco1. The first-order valence-electron chi connectivity index (χ1n) is 9.44. The number of amides is 1. The molecule has 0 saturated carbocycles. The van der Waals surface area contributed by atoms with Gasteiger partial charge in [-0.25, -0.2) is 10.2 Å². The maximum atomic E-state index is 12.4. The van der Waals surface area contributed by atoms with Gasteiger partial charge < -0.3 is 9.15 Å². The van der Waals surface area contributed by atoms with Gasteiger partial charge in [0.15, 0.2) is 0 Å². The maximum Gasteiger partial charge on any atom is 0.379 e. The van der Waals surface area contributed by atoms with Crippen LogP contribution >= 0.6 is 15.9 Å². The molecule has 1 N–H and O–H groups in total. The lowest BCUT2D eigenvalue weighted by atomic mass is 10.0. The Morgan fingerprint density at radius 1 is 1.03 bits per heavy atom. The van der Waals surface area contributed by atoms with E-state index >= 15 is 0 Å². The van der Waals surface area contributed by atoms with Crippen LogP contribution in [0.15, 0.2) is 93.1 Å². The average molecular weight is 477 g/mol. The van der Waals surface area contributed by atoms with Crippen molar-refractivity contribution in [2.75, 3.05) is 0 Å². The molecule has 0 saturated heterocycles. The molecule has 0 spiro atoms. The Balaban J connectivity index is 1.45. The standard InChI is InChI=1S/C24H17BrN2O4/c25-19-10-11-21(31-24(29)22-9-4-12-30-22)18(13-19)15-26-27-23(28)14-17-7-3-6-16-5-1-2-8-20(16)17/h1-13,15H,14H2,(H,27,28)/b26-15+. The monoisotopic (exact) mass is 476 g/mol. The van der Waals surface area contributed by atoms with Crippen molar-refractivity contribution in [1.82, 2.24) is 5.43 Å².